The van der Waals surface area contributed by atoms with Crippen LogP contribution in [0, 0.1) is 5.92 Å². The zero-order valence-electron chi connectivity index (χ0n) is 11.0. The van der Waals surface area contributed by atoms with Gasteiger partial charge in [-0.2, -0.15) is 0 Å². The Morgan fingerprint density at radius 1 is 1.53 bits per heavy atom. The molecule has 0 saturated carbocycles. The van der Waals surface area contributed by atoms with E-state index >= 15 is 0 Å². The second kappa shape index (κ2) is 10.1. The van der Waals surface area contributed by atoms with Crippen molar-refractivity contribution in [1.29, 1.82) is 0 Å². The first-order valence-electron chi connectivity index (χ1n) is 5.85. The van der Waals surface area contributed by atoms with Crippen molar-refractivity contribution in [3.63, 3.8) is 0 Å². The lowest BCUT2D eigenvalue weighted by molar-refractivity contribution is 0.594. The molecule has 1 N–H and O–H groups in total. The van der Waals surface area contributed by atoms with Crippen LogP contribution in [-0.4, -0.2) is 6.54 Å². The Labute approximate surface area is 110 Å². The molecule has 0 aliphatic rings. The molecule has 0 aliphatic heterocycles. The number of rotatable bonds is 9. The first kappa shape index (κ1) is 15.9. The van der Waals surface area contributed by atoms with E-state index in [9.17, 15) is 0 Å². The predicted octanol–water partition coefficient (Wildman–Crippen LogP) is 4.63. The van der Waals surface area contributed by atoms with Crippen LogP contribution >= 0.6 is 11.8 Å². The quantitative estimate of drug-likeness (QED) is 0.363. The number of nitrogens with one attached hydrogen (secondary N) is 1. The number of thioether (sulfide) groups is 1. The van der Waals surface area contributed by atoms with Gasteiger partial charge in [0, 0.05) is 17.0 Å². The van der Waals surface area contributed by atoms with Gasteiger partial charge in [-0.15, -0.1) is 5.73 Å². The predicted molar refractivity (Wildman–Crippen MR) is 80.8 cm³/mol. The summed E-state index contributed by atoms with van der Waals surface area (Å²) < 4.78 is 0. The van der Waals surface area contributed by atoms with E-state index in [4.69, 9.17) is 0 Å². The fourth-order valence-corrected chi connectivity index (χ4v) is 1.93. The van der Waals surface area contributed by atoms with Crippen LogP contribution in [0.4, 0.5) is 0 Å². The Bertz CT molecular complexity index is 322. The normalized spacial score (nSPS) is 11.9. The summed E-state index contributed by atoms with van der Waals surface area (Å²) in [7, 11) is 0. The highest BCUT2D eigenvalue weighted by Gasteiger charge is 1.97. The third-order valence-electron chi connectivity index (χ3n) is 2.43. The van der Waals surface area contributed by atoms with E-state index in [0.717, 1.165) is 23.4 Å². The molecule has 0 heterocycles. The molecule has 2 heteroatoms. The van der Waals surface area contributed by atoms with Gasteiger partial charge < -0.3 is 5.32 Å². The molecular weight excluding hydrogens is 226 g/mol. The van der Waals surface area contributed by atoms with Crippen molar-refractivity contribution in [2.75, 3.05) is 6.54 Å². The highest BCUT2D eigenvalue weighted by atomic mass is 32.2. The molecule has 0 radical (unpaired) electrons. The molecule has 0 saturated heterocycles. The van der Waals surface area contributed by atoms with Gasteiger partial charge in [-0.1, -0.05) is 44.5 Å². The Morgan fingerprint density at radius 2 is 2.24 bits per heavy atom. The van der Waals surface area contributed by atoms with Gasteiger partial charge in [-0.25, -0.2) is 0 Å². The van der Waals surface area contributed by atoms with Crippen LogP contribution in [0.25, 0.3) is 0 Å². The molecule has 0 bridgehead atoms. The van der Waals surface area contributed by atoms with Gasteiger partial charge in [0.05, 0.1) is 0 Å². The van der Waals surface area contributed by atoms with Crippen molar-refractivity contribution in [3.05, 3.63) is 53.6 Å². The summed E-state index contributed by atoms with van der Waals surface area (Å²) >= 11 is 1.63. The molecule has 1 nitrogen and oxygen atoms in total. The largest absolute Gasteiger partial charge is 0.391 e. The topological polar surface area (TPSA) is 12.0 Å². The summed E-state index contributed by atoms with van der Waals surface area (Å²) in [6.07, 6.45) is 6.31. The Kier molecular flexibility index (Phi) is 9.41. The molecule has 1 atom stereocenters. The fraction of sp³-hybridized carbons (Fsp3) is 0.400. The average Bonchev–Trinajstić information content (AvgIpc) is 2.33. The maximum absolute atomic E-state index is 3.96. The molecule has 0 fully saturated rings. The van der Waals surface area contributed by atoms with E-state index < -0.39 is 0 Å². The molecular formula is C15H23NS. The van der Waals surface area contributed by atoms with Gasteiger partial charge in [0.25, 0.3) is 0 Å². The summed E-state index contributed by atoms with van der Waals surface area (Å²) in [4.78, 5) is 1.01. The minimum absolute atomic E-state index is 0.593. The second-order valence-electron chi connectivity index (χ2n) is 3.95. The Morgan fingerprint density at radius 3 is 2.82 bits per heavy atom. The smallest absolute Gasteiger partial charge is 0.0150 e. The van der Waals surface area contributed by atoms with Crippen molar-refractivity contribution >= 4 is 11.8 Å². The van der Waals surface area contributed by atoms with E-state index in [1.54, 1.807) is 18.0 Å². The summed E-state index contributed by atoms with van der Waals surface area (Å²) in [6.45, 7) is 16.4. The van der Waals surface area contributed by atoms with Crippen molar-refractivity contribution in [2.45, 2.75) is 26.7 Å². The van der Waals surface area contributed by atoms with Crippen LogP contribution in [0.5, 0.6) is 0 Å². The first-order chi connectivity index (χ1) is 8.11. The molecule has 17 heavy (non-hydrogen) atoms. The lowest BCUT2D eigenvalue weighted by Crippen LogP contribution is -2.07. The van der Waals surface area contributed by atoms with Crippen LogP contribution in [0.2, 0.25) is 0 Å². The van der Waals surface area contributed by atoms with E-state index in [1.807, 2.05) is 6.92 Å². The highest BCUT2D eigenvalue weighted by Crippen LogP contribution is 2.22. The van der Waals surface area contributed by atoms with Crippen LogP contribution in [0.3, 0.4) is 0 Å². The minimum Gasteiger partial charge on any atom is -0.391 e. The van der Waals surface area contributed by atoms with E-state index in [0.29, 0.717) is 5.92 Å². The summed E-state index contributed by atoms with van der Waals surface area (Å²) in [5.41, 5.74) is 3.86. The van der Waals surface area contributed by atoms with Crippen molar-refractivity contribution in [2.24, 2.45) is 5.92 Å². The molecule has 0 amide bonds. The molecule has 94 valence electrons. The molecule has 1 unspecified atom stereocenters. The molecule has 0 aromatic heterocycles. The third kappa shape index (κ3) is 8.67. The highest BCUT2D eigenvalue weighted by molar-refractivity contribution is 8.06. The minimum atomic E-state index is 0.593. The summed E-state index contributed by atoms with van der Waals surface area (Å²) in [5.74, 6) is 0.593. The van der Waals surface area contributed by atoms with Crippen molar-refractivity contribution in [1.82, 2.24) is 5.32 Å². The van der Waals surface area contributed by atoms with Gasteiger partial charge in [0.1, 0.15) is 0 Å². The number of hydrogen-bond donors (Lipinski definition) is 1. The van der Waals surface area contributed by atoms with Crippen LogP contribution < -0.4 is 5.32 Å². The Hall–Kier alpha value is -1.11. The van der Waals surface area contributed by atoms with E-state index in [1.165, 1.54) is 6.42 Å². The standard InChI is InChI=1S/C15H23NS/c1-6-14(4)15(5)17-12-10-13(3)9-8-11-16-7-2/h7,10,12-13,16H,1-2,5,8-9,11H2,3-4H3/b12-10+. The monoisotopic (exact) mass is 249 g/mol. The summed E-state index contributed by atoms with van der Waals surface area (Å²) in [5, 5.41) is 5.21. The maximum Gasteiger partial charge on any atom is 0.0150 e. The van der Waals surface area contributed by atoms with Gasteiger partial charge in [0.2, 0.25) is 0 Å². The van der Waals surface area contributed by atoms with Gasteiger partial charge in [0.15, 0.2) is 0 Å². The molecule has 0 aromatic rings. The maximum atomic E-state index is 3.96. The molecule has 0 aromatic carbocycles. The van der Waals surface area contributed by atoms with Gasteiger partial charge in [-0.3, -0.25) is 0 Å². The lowest BCUT2D eigenvalue weighted by atomic mass is 10.1. The first-order valence-corrected chi connectivity index (χ1v) is 6.73. The SMILES string of the molecule is C=C=C(C)C(=C)S/C=C/C(C)CCCNC=C. The Balaban J connectivity index is 3.80. The third-order valence-corrected chi connectivity index (χ3v) is 3.31. The van der Waals surface area contributed by atoms with E-state index in [-0.39, 0.29) is 0 Å². The second-order valence-corrected chi connectivity index (χ2v) is 4.95. The van der Waals surface area contributed by atoms with Crippen LogP contribution in [0.1, 0.15) is 26.7 Å². The lowest BCUT2D eigenvalue weighted by Gasteiger charge is -2.06. The number of allylic oxidation sites excluding steroid dienone is 2. The summed E-state index contributed by atoms with van der Waals surface area (Å²) in [6, 6.07) is 0. The van der Waals surface area contributed by atoms with E-state index in [2.05, 4.69) is 49.2 Å². The molecule has 0 aliphatic carbocycles. The van der Waals surface area contributed by atoms with Crippen LogP contribution in [-0.2, 0) is 0 Å². The van der Waals surface area contributed by atoms with Crippen molar-refractivity contribution < 1.29 is 0 Å². The van der Waals surface area contributed by atoms with Gasteiger partial charge >= 0.3 is 0 Å². The molecule has 0 rings (SSSR count). The number of hydrogen-bond acceptors (Lipinski definition) is 2. The zero-order valence-corrected chi connectivity index (χ0v) is 11.8. The fourth-order valence-electron chi connectivity index (χ4n) is 1.17. The zero-order chi connectivity index (χ0) is 13.1. The van der Waals surface area contributed by atoms with Crippen LogP contribution in [0.15, 0.2) is 53.6 Å². The van der Waals surface area contributed by atoms with Crippen molar-refractivity contribution in [3.8, 4) is 0 Å². The molecule has 0 spiro atoms. The average molecular weight is 249 g/mol. The van der Waals surface area contributed by atoms with Gasteiger partial charge in [-0.05, 0) is 37.3 Å².